The molecule has 4 rings (SSSR count). The van der Waals surface area contributed by atoms with E-state index < -0.39 is 0 Å². The van der Waals surface area contributed by atoms with Crippen molar-refractivity contribution in [2.45, 2.75) is 38.8 Å². The van der Waals surface area contributed by atoms with Crippen LogP contribution in [0.2, 0.25) is 10.0 Å². The minimum absolute atomic E-state index is 0.0953. The number of pyridine rings is 2. The maximum atomic E-state index is 6.63. The van der Waals surface area contributed by atoms with Gasteiger partial charge in [-0.2, -0.15) is 0 Å². The first-order chi connectivity index (χ1) is 15.9. The third-order valence-electron chi connectivity index (χ3n) is 5.29. The Morgan fingerprint density at radius 3 is 2.42 bits per heavy atom. The maximum Gasteiger partial charge on any atom is 0.222 e. The SMILES string of the molecule is COc1cc(OC)c(Cl)c(-c2cc3cnc([N-]C4CCCOC4)cc3c(OC(C)C)n2)c1Cl. The first-order valence-electron chi connectivity index (χ1n) is 10.8. The molecule has 1 atom stereocenters. The summed E-state index contributed by atoms with van der Waals surface area (Å²) in [6, 6.07) is 5.51. The Bertz CT molecular complexity index is 1120. The first-order valence-corrected chi connectivity index (χ1v) is 11.5. The summed E-state index contributed by atoms with van der Waals surface area (Å²) in [7, 11) is 3.07. The van der Waals surface area contributed by atoms with Gasteiger partial charge in [0.05, 0.1) is 36.1 Å². The molecule has 0 spiro atoms. The van der Waals surface area contributed by atoms with E-state index in [1.807, 2.05) is 26.0 Å². The van der Waals surface area contributed by atoms with Gasteiger partial charge in [0.15, 0.2) is 0 Å². The van der Waals surface area contributed by atoms with Crippen LogP contribution in [0.3, 0.4) is 0 Å². The summed E-state index contributed by atoms with van der Waals surface area (Å²) < 4.78 is 22.4. The van der Waals surface area contributed by atoms with Crippen molar-refractivity contribution < 1.29 is 18.9 Å². The molecule has 0 aliphatic carbocycles. The molecule has 176 valence electrons. The molecule has 1 aromatic carbocycles. The zero-order valence-electron chi connectivity index (χ0n) is 19.0. The van der Waals surface area contributed by atoms with E-state index in [-0.39, 0.29) is 12.1 Å². The van der Waals surface area contributed by atoms with Crippen LogP contribution in [-0.2, 0) is 4.74 Å². The Balaban J connectivity index is 1.83. The van der Waals surface area contributed by atoms with E-state index in [0.717, 1.165) is 30.2 Å². The fourth-order valence-electron chi connectivity index (χ4n) is 3.74. The summed E-state index contributed by atoms with van der Waals surface area (Å²) in [4.78, 5) is 9.32. The lowest BCUT2D eigenvalue weighted by atomic mass is 10.1. The largest absolute Gasteiger partial charge is 0.495 e. The van der Waals surface area contributed by atoms with Crippen LogP contribution in [0.25, 0.3) is 27.3 Å². The van der Waals surface area contributed by atoms with Crippen molar-refractivity contribution in [3.8, 4) is 28.6 Å². The highest BCUT2D eigenvalue weighted by molar-refractivity contribution is 6.41. The molecule has 0 bridgehead atoms. The van der Waals surface area contributed by atoms with Gasteiger partial charge in [0.25, 0.3) is 0 Å². The van der Waals surface area contributed by atoms with Crippen molar-refractivity contribution in [3.05, 3.63) is 39.8 Å². The van der Waals surface area contributed by atoms with Gasteiger partial charge < -0.3 is 29.2 Å². The fourth-order valence-corrected chi connectivity index (χ4v) is 4.43. The van der Waals surface area contributed by atoms with Gasteiger partial charge in [-0.25, -0.2) is 4.98 Å². The van der Waals surface area contributed by atoms with Crippen LogP contribution in [0.4, 0.5) is 5.82 Å². The topological polar surface area (TPSA) is 76.8 Å². The lowest BCUT2D eigenvalue weighted by Gasteiger charge is -2.29. The molecular weight excluding hydrogens is 465 g/mol. The number of hydrogen-bond acceptors (Lipinski definition) is 6. The van der Waals surface area contributed by atoms with Crippen molar-refractivity contribution in [2.24, 2.45) is 0 Å². The Morgan fingerprint density at radius 1 is 1.09 bits per heavy atom. The zero-order chi connectivity index (χ0) is 23.5. The molecule has 1 aliphatic rings. The smallest absolute Gasteiger partial charge is 0.222 e. The lowest BCUT2D eigenvalue weighted by Crippen LogP contribution is -2.20. The highest BCUT2D eigenvalue weighted by Crippen LogP contribution is 2.46. The van der Waals surface area contributed by atoms with Crippen molar-refractivity contribution in [1.82, 2.24) is 9.97 Å². The van der Waals surface area contributed by atoms with Gasteiger partial charge >= 0.3 is 0 Å². The molecule has 9 heteroatoms. The van der Waals surface area contributed by atoms with Crippen LogP contribution in [0.5, 0.6) is 17.4 Å². The summed E-state index contributed by atoms with van der Waals surface area (Å²) in [5.74, 6) is 1.94. The second kappa shape index (κ2) is 10.2. The van der Waals surface area contributed by atoms with Gasteiger partial charge in [-0.1, -0.05) is 41.3 Å². The molecular formula is C24H26Cl2N3O4-. The van der Waals surface area contributed by atoms with Gasteiger partial charge in [0.1, 0.15) is 11.5 Å². The summed E-state index contributed by atoms with van der Waals surface area (Å²) in [5.41, 5.74) is 1.02. The Morgan fingerprint density at radius 2 is 1.82 bits per heavy atom. The van der Waals surface area contributed by atoms with E-state index in [0.29, 0.717) is 51.1 Å². The Hall–Kier alpha value is -2.48. The molecule has 33 heavy (non-hydrogen) atoms. The molecule has 1 aliphatic heterocycles. The Kier molecular flexibility index (Phi) is 7.32. The predicted octanol–water partition coefficient (Wildman–Crippen LogP) is 6.59. The summed E-state index contributed by atoms with van der Waals surface area (Å²) in [5, 5.41) is 7.05. The summed E-state index contributed by atoms with van der Waals surface area (Å²) in [6.07, 6.45) is 3.65. The molecule has 3 heterocycles. The predicted molar refractivity (Wildman–Crippen MR) is 131 cm³/mol. The minimum Gasteiger partial charge on any atom is -0.495 e. The number of halogens is 2. The molecule has 0 amide bonds. The third kappa shape index (κ3) is 5.05. The van der Waals surface area contributed by atoms with E-state index in [2.05, 4.69) is 4.98 Å². The summed E-state index contributed by atoms with van der Waals surface area (Å²) in [6.45, 7) is 5.29. The van der Waals surface area contributed by atoms with E-state index in [9.17, 15) is 0 Å². The minimum atomic E-state index is -0.0953. The number of rotatable bonds is 7. The van der Waals surface area contributed by atoms with Crippen molar-refractivity contribution in [2.75, 3.05) is 27.4 Å². The van der Waals surface area contributed by atoms with Gasteiger partial charge in [0, 0.05) is 30.2 Å². The van der Waals surface area contributed by atoms with Crippen LogP contribution >= 0.6 is 23.2 Å². The highest BCUT2D eigenvalue weighted by atomic mass is 35.5. The number of ether oxygens (including phenoxy) is 4. The van der Waals surface area contributed by atoms with Crippen molar-refractivity contribution in [1.29, 1.82) is 0 Å². The van der Waals surface area contributed by atoms with Crippen LogP contribution in [0, 0.1) is 0 Å². The highest BCUT2D eigenvalue weighted by Gasteiger charge is 2.21. The number of aromatic nitrogens is 2. The number of benzene rings is 1. The molecule has 1 unspecified atom stereocenters. The van der Waals surface area contributed by atoms with E-state index >= 15 is 0 Å². The first kappa shape index (κ1) is 23.7. The maximum absolute atomic E-state index is 6.63. The zero-order valence-corrected chi connectivity index (χ0v) is 20.5. The number of methoxy groups -OCH3 is 2. The van der Waals surface area contributed by atoms with E-state index in [1.54, 1.807) is 12.3 Å². The van der Waals surface area contributed by atoms with Gasteiger partial charge in [0.2, 0.25) is 5.88 Å². The van der Waals surface area contributed by atoms with Gasteiger partial charge in [-0.05, 0) is 44.2 Å². The normalized spacial score (nSPS) is 16.2. The summed E-state index contributed by atoms with van der Waals surface area (Å²) >= 11 is 13.3. The van der Waals surface area contributed by atoms with E-state index in [4.69, 9.17) is 52.5 Å². The molecule has 1 fully saturated rings. The molecule has 3 aromatic rings. The standard InChI is InChI=1S/C24H26Cl2N3O4/c1-13(2)33-24-16-9-20(28-15-6-5-7-32-12-15)27-11-14(16)8-17(29-24)21-22(25)18(30-3)10-19(31-4)23(21)26/h8-11,13,15H,5-7,12H2,1-4H3/q-1. The van der Waals surface area contributed by atoms with Crippen molar-refractivity contribution >= 4 is 39.8 Å². The molecule has 0 radical (unpaired) electrons. The van der Waals surface area contributed by atoms with Crippen molar-refractivity contribution in [3.63, 3.8) is 0 Å². The molecule has 0 saturated carbocycles. The fraction of sp³-hybridized carbons (Fsp3) is 0.417. The van der Waals surface area contributed by atoms with Gasteiger partial charge in [-0.15, -0.1) is 0 Å². The lowest BCUT2D eigenvalue weighted by molar-refractivity contribution is 0.0904. The number of hydrogen-bond donors (Lipinski definition) is 0. The molecule has 0 N–H and O–H groups in total. The van der Waals surface area contributed by atoms with Crippen LogP contribution in [-0.4, -0.2) is 49.5 Å². The molecule has 1 saturated heterocycles. The van der Waals surface area contributed by atoms with E-state index in [1.165, 1.54) is 14.2 Å². The monoisotopic (exact) mass is 490 g/mol. The quantitative estimate of drug-likeness (QED) is 0.371. The second-order valence-electron chi connectivity index (χ2n) is 8.03. The second-order valence-corrected chi connectivity index (χ2v) is 8.78. The van der Waals surface area contributed by atoms with Crippen LogP contribution < -0.4 is 14.2 Å². The van der Waals surface area contributed by atoms with Crippen LogP contribution in [0.15, 0.2) is 24.4 Å². The number of nitrogens with zero attached hydrogens (tertiary/aromatic N) is 3. The Labute approximate surface area is 203 Å². The van der Waals surface area contributed by atoms with Crippen LogP contribution in [0.1, 0.15) is 26.7 Å². The third-order valence-corrected chi connectivity index (χ3v) is 6.04. The molecule has 2 aromatic heterocycles. The average Bonchev–Trinajstić information content (AvgIpc) is 2.80. The average molecular weight is 491 g/mol. The molecule has 7 nitrogen and oxygen atoms in total. The number of fused-ring (bicyclic) bond motifs is 1. The van der Waals surface area contributed by atoms with Gasteiger partial charge in [-0.3, -0.25) is 0 Å².